The first kappa shape index (κ1) is 33.2. The summed E-state index contributed by atoms with van der Waals surface area (Å²) in [5.41, 5.74) is -2.36. The average Bonchev–Trinajstić information content (AvgIpc) is 2.70. The van der Waals surface area contributed by atoms with Gasteiger partial charge in [0.25, 0.3) is 0 Å². The Balaban J connectivity index is -0.00000140. The van der Waals surface area contributed by atoms with Crippen LogP contribution in [0.3, 0.4) is 0 Å². The second kappa shape index (κ2) is 20.6. The summed E-state index contributed by atoms with van der Waals surface area (Å²) in [5.74, 6) is -3.18. The van der Waals surface area contributed by atoms with Gasteiger partial charge in [-0.25, -0.2) is 9.59 Å². The van der Waals surface area contributed by atoms with E-state index in [0.717, 1.165) is 33.1 Å². The Labute approximate surface area is 221 Å². The van der Waals surface area contributed by atoms with Crippen LogP contribution in [-0.4, -0.2) is 77.4 Å². The number of carbonyl (C=O) groups is 3. The summed E-state index contributed by atoms with van der Waals surface area (Å²) >= 11 is 0. The Morgan fingerprint density at radius 2 is 1.16 bits per heavy atom. The van der Waals surface area contributed by atoms with E-state index in [1.165, 1.54) is 70.6 Å². The second-order valence-corrected chi connectivity index (χ2v) is 8.58. The fourth-order valence-electron chi connectivity index (χ4n) is 3.29. The Hall–Kier alpha value is -0.0103. The molecule has 2 atom stereocenters. The maximum absolute atomic E-state index is 12.1. The maximum Gasteiger partial charge on any atom is 2.00 e. The Bertz CT molecular complexity index is 501. The van der Waals surface area contributed by atoms with Crippen LogP contribution < -0.4 is 0 Å². The van der Waals surface area contributed by atoms with E-state index in [2.05, 4.69) is 11.7 Å². The van der Waals surface area contributed by atoms with Crippen LogP contribution in [0.1, 0.15) is 126 Å². The van der Waals surface area contributed by atoms with Crippen molar-refractivity contribution < 1.29 is 32.2 Å². The number of aliphatic hydroxyl groups is 2. The minimum absolute atomic E-state index is 0. The number of esters is 2. The molecule has 0 aromatic carbocycles. The van der Waals surface area contributed by atoms with E-state index >= 15 is 0 Å². The van der Waals surface area contributed by atoms with Crippen molar-refractivity contribution in [2.24, 2.45) is 0 Å². The summed E-state index contributed by atoms with van der Waals surface area (Å²) < 4.78 is 4.33. The molecule has 0 radical (unpaired) electrons. The summed E-state index contributed by atoms with van der Waals surface area (Å²) in [5, 5.41) is 19.1. The van der Waals surface area contributed by atoms with Crippen LogP contribution in [0.25, 0.3) is 0 Å². The quantitative estimate of drug-likeness (QED) is 0.121. The van der Waals surface area contributed by atoms with Crippen LogP contribution in [0.4, 0.5) is 0 Å². The van der Waals surface area contributed by atoms with Crippen molar-refractivity contribution in [3.05, 3.63) is 0 Å². The predicted octanol–water partition coefficient (Wildman–Crippen LogP) is 4.86. The minimum atomic E-state index is -2.36. The van der Waals surface area contributed by atoms with Gasteiger partial charge in [0.2, 0.25) is 5.60 Å². The predicted molar refractivity (Wildman–Crippen MR) is 126 cm³/mol. The van der Waals surface area contributed by atoms with Crippen LogP contribution in [0.15, 0.2) is 0 Å². The molecule has 0 bridgehead atoms. The van der Waals surface area contributed by atoms with Crippen molar-refractivity contribution in [1.29, 1.82) is 0 Å². The molecule has 0 aliphatic rings. The van der Waals surface area contributed by atoms with Gasteiger partial charge in [-0.15, -0.1) is 0 Å². The maximum atomic E-state index is 12.1. The molecule has 0 aliphatic heterocycles. The fraction of sp³-hybridized carbons (Fsp3) is 0.875. The molecule has 0 amide bonds. The Morgan fingerprint density at radius 1 is 0.806 bits per heavy atom. The number of unbranched alkanes of at least 4 members (excludes halogenated alkanes) is 14. The molecule has 0 heterocycles. The van der Waals surface area contributed by atoms with Gasteiger partial charge in [-0.3, -0.25) is 4.79 Å². The molecule has 0 saturated carbocycles. The standard InChI is InChI=1S/C24H44O6.Ca.2H/c1-4-5-6-7-8-9-10-11-12-13-14-15-16-17-18-19-21(26)24(3,29)23(28)30-22(27)20(2)25;;;/h20,25,29H,4-19H2,1-3H3;;;/q;+2;2*-1. The number of carbonyl (C=O) groups excluding carboxylic acids is 3. The molecule has 0 spiro atoms. The van der Waals surface area contributed by atoms with Crippen molar-refractivity contribution in [3.63, 3.8) is 0 Å². The van der Waals surface area contributed by atoms with E-state index in [-0.39, 0.29) is 47.0 Å². The van der Waals surface area contributed by atoms with Gasteiger partial charge in [-0.2, -0.15) is 0 Å². The van der Waals surface area contributed by atoms with Gasteiger partial charge in [-0.05, 0) is 20.3 Å². The van der Waals surface area contributed by atoms with Crippen molar-refractivity contribution in [2.75, 3.05) is 0 Å². The summed E-state index contributed by atoms with van der Waals surface area (Å²) in [4.78, 5) is 35.0. The van der Waals surface area contributed by atoms with Crippen LogP contribution in [0.2, 0.25) is 0 Å². The third-order valence-corrected chi connectivity index (χ3v) is 5.48. The summed E-state index contributed by atoms with van der Waals surface area (Å²) in [6.07, 6.45) is 16.8. The number of rotatable bonds is 19. The fourth-order valence-corrected chi connectivity index (χ4v) is 3.29. The van der Waals surface area contributed by atoms with E-state index in [1.54, 1.807) is 0 Å². The molecule has 0 aromatic heterocycles. The number of hydrogen-bond acceptors (Lipinski definition) is 6. The zero-order valence-corrected chi connectivity index (χ0v) is 22.3. The molecular weight excluding hydrogens is 424 g/mol. The first-order valence-electron chi connectivity index (χ1n) is 11.9. The number of ketones is 1. The minimum Gasteiger partial charge on any atom is -1.00 e. The van der Waals surface area contributed by atoms with Crippen LogP contribution in [0.5, 0.6) is 0 Å². The van der Waals surface area contributed by atoms with Crippen molar-refractivity contribution in [3.8, 4) is 0 Å². The third kappa shape index (κ3) is 17.2. The van der Waals surface area contributed by atoms with Crippen LogP contribution >= 0.6 is 0 Å². The summed E-state index contributed by atoms with van der Waals surface area (Å²) in [6, 6.07) is 0. The molecule has 0 aromatic rings. The molecule has 0 aliphatic carbocycles. The number of Topliss-reactive ketones (excluding diaryl/α,β-unsaturated/α-hetero) is 1. The van der Waals surface area contributed by atoms with Gasteiger partial charge >= 0.3 is 49.7 Å². The second-order valence-electron chi connectivity index (χ2n) is 8.58. The van der Waals surface area contributed by atoms with Gasteiger partial charge in [0, 0.05) is 6.42 Å². The van der Waals surface area contributed by atoms with E-state index in [0.29, 0.717) is 6.42 Å². The Kier molecular flexibility index (Phi) is 22.0. The van der Waals surface area contributed by atoms with Gasteiger partial charge in [0.1, 0.15) is 6.10 Å². The Morgan fingerprint density at radius 3 is 1.52 bits per heavy atom. The van der Waals surface area contributed by atoms with Gasteiger partial charge in [0.05, 0.1) is 0 Å². The van der Waals surface area contributed by atoms with Crippen LogP contribution in [-0.2, 0) is 19.1 Å². The zero-order chi connectivity index (χ0) is 22.8. The van der Waals surface area contributed by atoms with Crippen molar-refractivity contribution >= 4 is 55.5 Å². The molecule has 180 valence electrons. The first-order chi connectivity index (χ1) is 14.2. The molecule has 2 unspecified atom stereocenters. The molecule has 0 fully saturated rings. The van der Waals surface area contributed by atoms with E-state index in [4.69, 9.17) is 5.11 Å². The smallest absolute Gasteiger partial charge is 1.00 e. The number of hydrogen-bond donors (Lipinski definition) is 2. The van der Waals surface area contributed by atoms with E-state index in [9.17, 15) is 19.5 Å². The summed E-state index contributed by atoms with van der Waals surface area (Å²) in [7, 11) is 0. The van der Waals surface area contributed by atoms with Crippen molar-refractivity contribution in [2.45, 2.75) is 135 Å². The summed E-state index contributed by atoms with van der Waals surface area (Å²) in [6.45, 7) is 4.41. The number of ether oxygens (including phenoxy) is 1. The molecule has 6 nitrogen and oxygen atoms in total. The molecule has 0 rings (SSSR count). The molecule has 31 heavy (non-hydrogen) atoms. The number of aliphatic hydroxyl groups excluding tert-OH is 1. The largest absolute Gasteiger partial charge is 2.00 e. The SMILES string of the molecule is CCCCCCCCCCCCCCCCCC(=O)C(C)(O)C(=O)OC(=O)C(C)O.[Ca+2].[H-].[H-]. The monoisotopic (exact) mass is 470 g/mol. The average molecular weight is 471 g/mol. The molecule has 7 heteroatoms. The third-order valence-electron chi connectivity index (χ3n) is 5.48. The van der Waals surface area contributed by atoms with Crippen molar-refractivity contribution in [1.82, 2.24) is 0 Å². The topological polar surface area (TPSA) is 101 Å². The zero-order valence-electron chi connectivity index (χ0n) is 22.1. The first-order valence-corrected chi connectivity index (χ1v) is 11.9. The molecular formula is C24H46CaO6. The van der Waals surface area contributed by atoms with Gasteiger partial charge in [0.15, 0.2) is 5.78 Å². The van der Waals surface area contributed by atoms with Crippen LogP contribution in [0, 0.1) is 0 Å². The van der Waals surface area contributed by atoms with Gasteiger partial charge in [-0.1, -0.05) is 96.8 Å². The van der Waals surface area contributed by atoms with E-state index < -0.39 is 29.4 Å². The molecule has 0 saturated heterocycles. The van der Waals surface area contributed by atoms with Gasteiger partial charge < -0.3 is 17.8 Å². The molecule has 2 N–H and O–H groups in total. The normalized spacial score (nSPS) is 13.7. The van der Waals surface area contributed by atoms with E-state index in [1.807, 2.05) is 0 Å².